The van der Waals surface area contributed by atoms with Gasteiger partial charge in [-0.3, -0.25) is 14.4 Å². The molecular weight excluding hydrogens is 564 g/mol. The van der Waals surface area contributed by atoms with Crippen molar-refractivity contribution < 1.29 is 48.3 Å². The Kier molecular flexibility index (Phi) is 17.6. The molecule has 0 radical (unpaired) electrons. The van der Waals surface area contributed by atoms with Crippen molar-refractivity contribution in [3.63, 3.8) is 0 Å². The zero-order valence-corrected chi connectivity index (χ0v) is 23.9. The van der Waals surface area contributed by atoms with Gasteiger partial charge in [-0.15, -0.1) is 5.10 Å². The van der Waals surface area contributed by atoms with E-state index in [0.29, 0.717) is 58.5 Å². The fraction of sp³-hybridized carbons (Fsp3) is 0.483. The molecule has 3 N–H and O–H groups in total. The third-order valence-electron chi connectivity index (χ3n) is 5.41. The quantitative estimate of drug-likeness (QED) is 0.122. The van der Waals surface area contributed by atoms with E-state index in [0.717, 1.165) is 11.3 Å². The van der Waals surface area contributed by atoms with Gasteiger partial charge in [-0.05, 0) is 30.3 Å². The van der Waals surface area contributed by atoms with Crippen LogP contribution >= 0.6 is 0 Å². The van der Waals surface area contributed by atoms with Gasteiger partial charge in [0, 0.05) is 18.0 Å². The number of amides is 1. The molecule has 1 aromatic carbocycles. The summed E-state index contributed by atoms with van der Waals surface area (Å²) in [5, 5.41) is 28.2. The van der Waals surface area contributed by atoms with Crippen LogP contribution in [-0.2, 0) is 44.7 Å². The number of nitrogens with zero attached hydrogens (tertiary/aromatic N) is 3. The largest absolute Gasteiger partial charge is 0.481 e. The molecule has 2 rings (SSSR count). The number of ether oxygens (including phenoxy) is 5. The Hall–Kier alpha value is -4.13. The summed E-state index contributed by atoms with van der Waals surface area (Å²) < 4.78 is 28.8. The van der Waals surface area contributed by atoms with Crippen LogP contribution in [0.2, 0.25) is 0 Å². The standard InChI is InChI=1S/C29H38N4O10/c1-2-3-4-23-5-7-26(8-6-23)33-21-25(31-32-33)22-43-18-17-42-16-15-41-14-13-40-12-11-39-10-9-27(34)30-24(19-28(35)36)20-29(37)38/h2,5-8,21,24H,1,9-20,22H2,(H,30,34)(H,35,36)(H,37,38). The van der Waals surface area contributed by atoms with E-state index in [-0.39, 0.29) is 19.6 Å². The molecule has 0 unspecified atom stereocenters. The summed E-state index contributed by atoms with van der Waals surface area (Å²) in [4.78, 5) is 33.4. The zero-order valence-electron chi connectivity index (χ0n) is 23.9. The number of hydrogen-bond acceptors (Lipinski definition) is 10. The molecule has 0 bridgehead atoms. The lowest BCUT2D eigenvalue weighted by Crippen LogP contribution is -2.38. The summed E-state index contributed by atoms with van der Waals surface area (Å²) >= 11 is 0. The van der Waals surface area contributed by atoms with Crippen molar-refractivity contribution in [2.75, 3.05) is 59.5 Å². The highest BCUT2D eigenvalue weighted by molar-refractivity contribution is 5.79. The molecule has 0 saturated heterocycles. The Morgan fingerprint density at radius 2 is 1.40 bits per heavy atom. The van der Waals surface area contributed by atoms with Crippen molar-refractivity contribution >= 4 is 17.8 Å². The Morgan fingerprint density at radius 1 is 0.860 bits per heavy atom. The number of aromatic nitrogens is 3. The molecule has 0 fully saturated rings. The second-order valence-electron chi connectivity index (χ2n) is 8.89. The van der Waals surface area contributed by atoms with Crippen LogP contribution in [0.1, 0.15) is 30.5 Å². The molecule has 0 saturated carbocycles. The predicted molar refractivity (Wildman–Crippen MR) is 152 cm³/mol. The summed E-state index contributed by atoms with van der Waals surface area (Å²) in [7, 11) is 0. The number of aliphatic carboxylic acids is 2. The van der Waals surface area contributed by atoms with Gasteiger partial charge in [0.15, 0.2) is 0 Å². The van der Waals surface area contributed by atoms with Gasteiger partial charge in [-0.25, -0.2) is 4.68 Å². The zero-order chi connectivity index (χ0) is 31.1. The van der Waals surface area contributed by atoms with Crippen molar-refractivity contribution in [3.05, 3.63) is 54.4 Å². The number of nitrogens with one attached hydrogen (secondary N) is 1. The molecule has 14 heteroatoms. The summed E-state index contributed by atoms with van der Waals surface area (Å²) in [5.74, 6) is 2.92. The molecule has 234 valence electrons. The second kappa shape index (κ2) is 21.6. The van der Waals surface area contributed by atoms with E-state index >= 15 is 0 Å². The molecule has 2 aromatic rings. The SMILES string of the molecule is C=CC#Cc1ccc(-n2cc(COCCOCCOCCOCCOCCC(=O)NC(CC(=O)O)CC(=O)O)nn2)cc1. The van der Waals surface area contributed by atoms with Crippen molar-refractivity contribution in [1.29, 1.82) is 0 Å². The number of carbonyl (C=O) groups excluding carboxylic acids is 1. The van der Waals surface area contributed by atoms with Crippen LogP contribution in [0.15, 0.2) is 43.1 Å². The smallest absolute Gasteiger partial charge is 0.305 e. The lowest BCUT2D eigenvalue weighted by atomic mass is 10.1. The van der Waals surface area contributed by atoms with E-state index in [1.165, 1.54) is 0 Å². The Morgan fingerprint density at radius 3 is 1.93 bits per heavy atom. The summed E-state index contributed by atoms with van der Waals surface area (Å²) in [6, 6.07) is 6.66. The normalized spacial score (nSPS) is 10.7. The van der Waals surface area contributed by atoms with Crippen LogP contribution < -0.4 is 5.32 Å². The molecular formula is C29H38N4O10. The van der Waals surface area contributed by atoms with Gasteiger partial charge in [-0.1, -0.05) is 23.6 Å². The highest BCUT2D eigenvalue weighted by Gasteiger charge is 2.19. The first-order chi connectivity index (χ1) is 20.9. The van der Waals surface area contributed by atoms with Crippen LogP contribution in [-0.4, -0.2) is 109 Å². The topological polar surface area (TPSA) is 181 Å². The van der Waals surface area contributed by atoms with Gasteiger partial charge in [0.25, 0.3) is 0 Å². The number of hydrogen-bond donors (Lipinski definition) is 3. The number of carboxylic acid groups (broad SMARTS) is 2. The van der Waals surface area contributed by atoms with Gasteiger partial charge < -0.3 is 39.2 Å². The first kappa shape index (κ1) is 35.1. The van der Waals surface area contributed by atoms with E-state index in [1.807, 2.05) is 24.3 Å². The van der Waals surface area contributed by atoms with Gasteiger partial charge >= 0.3 is 11.9 Å². The van der Waals surface area contributed by atoms with E-state index in [4.69, 9.17) is 33.9 Å². The van der Waals surface area contributed by atoms with Crippen LogP contribution in [0.5, 0.6) is 0 Å². The highest BCUT2D eigenvalue weighted by Crippen LogP contribution is 2.09. The number of benzene rings is 1. The third-order valence-corrected chi connectivity index (χ3v) is 5.41. The molecule has 0 aliphatic heterocycles. The lowest BCUT2D eigenvalue weighted by Gasteiger charge is -2.14. The monoisotopic (exact) mass is 602 g/mol. The summed E-state index contributed by atoms with van der Waals surface area (Å²) in [6.45, 7) is 6.96. The first-order valence-electron chi connectivity index (χ1n) is 13.6. The average molecular weight is 603 g/mol. The molecule has 43 heavy (non-hydrogen) atoms. The molecule has 1 amide bonds. The van der Waals surface area contributed by atoms with Crippen LogP contribution in [0.25, 0.3) is 5.69 Å². The van der Waals surface area contributed by atoms with Gasteiger partial charge in [0.2, 0.25) is 5.91 Å². The Labute approximate surface area is 249 Å². The molecule has 0 aliphatic carbocycles. The minimum Gasteiger partial charge on any atom is -0.481 e. The van der Waals surface area contributed by atoms with Crippen molar-refractivity contribution in [2.24, 2.45) is 0 Å². The number of allylic oxidation sites excluding steroid dienone is 1. The fourth-order valence-corrected chi connectivity index (χ4v) is 3.44. The van der Waals surface area contributed by atoms with Gasteiger partial charge in [0.05, 0.1) is 90.8 Å². The van der Waals surface area contributed by atoms with Gasteiger partial charge in [0.1, 0.15) is 5.69 Å². The number of carboxylic acids is 2. The van der Waals surface area contributed by atoms with Crippen molar-refractivity contribution in [2.45, 2.75) is 31.9 Å². The molecule has 0 spiro atoms. The summed E-state index contributed by atoms with van der Waals surface area (Å²) in [5.41, 5.74) is 2.46. The highest BCUT2D eigenvalue weighted by atomic mass is 16.6. The van der Waals surface area contributed by atoms with Gasteiger partial charge in [-0.2, -0.15) is 0 Å². The molecule has 14 nitrogen and oxygen atoms in total. The molecule has 1 aromatic heterocycles. The minimum absolute atomic E-state index is 0.0196. The summed E-state index contributed by atoms with van der Waals surface area (Å²) in [6.07, 6.45) is 2.40. The number of carbonyl (C=O) groups is 3. The molecule has 0 aliphatic rings. The van der Waals surface area contributed by atoms with E-state index in [2.05, 4.69) is 34.0 Å². The van der Waals surface area contributed by atoms with E-state index in [9.17, 15) is 14.4 Å². The minimum atomic E-state index is -1.19. The maximum atomic E-state index is 11.8. The molecule has 1 heterocycles. The maximum absolute atomic E-state index is 11.8. The Bertz CT molecular complexity index is 1170. The van der Waals surface area contributed by atoms with Crippen molar-refractivity contribution in [1.82, 2.24) is 20.3 Å². The fourth-order valence-electron chi connectivity index (χ4n) is 3.44. The number of rotatable bonds is 23. The predicted octanol–water partition coefficient (Wildman–Crippen LogP) is 1.21. The maximum Gasteiger partial charge on any atom is 0.305 e. The second-order valence-corrected chi connectivity index (χ2v) is 8.89. The Balaban J connectivity index is 1.39. The average Bonchev–Trinajstić information content (AvgIpc) is 3.44. The van der Waals surface area contributed by atoms with Crippen LogP contribution in [0.4, 0.5) is 0 Å². The third kappa shape index (κ3) is 16.8. The van der Waals surface area contributed by atoms with Crippen LogP contribution in [0.3, 0.4) is 0 Å². The van der Waals surface area contributed by atoms with Crippen molar-refractivity contribution in [3.8, 4) is 17.5 Å². The van der Waals surface area contributed by atoms with E-state index in [1.54, 1.807) is 17.0 Å². The molecule has 0 atom stereocenters. The lowest BCUT2D eigenvalue weighted by molar-refractivity contribution is -0.139. The van der Waals surface area contributed by atoms with E-state index < -0.39 is 36.7 Å². The first-order valence-corrected chi connectivity index (χ1v) is 13.6. The van der Waals surface area contributed by atoms with Crippen LogP contribution in [0, 0.1) is 11.8 Å².